The summed E-state index contributed by atoms with van der Waals surface area (Å²) < 4.78 is 25.9. The minimum atomic E-state index is -0.257. The molecule has 0 saturated carbocycles. The quantitative estimate of drug-likeness (QED) is 0.512. The van der Waals surface area contributed by atoms with Gasteiger partial charge in [0.15, 0.2) is 11.5 Å². The first kappa shape index (κ1) is 21.7. The van der Waals surface area contributed by atoms with Gasteiger partial charge in [-0.3, -0.25) is 10.00 Å². The van der Waals surface area contributed by atoms with Crippen LogP contribution in [0.5, 0.6) is 11.5 Å². The predicted octanol–water partition coefficient (Wildman–Crippen LogP) is 4.40. The normalized spacial score (nSPS) is 11.4. The number of ether oxygens (including phenoxy) is 2. The Labute approximate surface area is 180 Å². The first-order valence-corrected chi connectivity index (χ1v) is 9.89. The molecule has 30 heavy (non-hydrogen) atoms. The van der Waals surface area contributed by atoms with E-state index >= 15 is 0 Å². The Morgan fingerprint density at radius 2 is 1.83 bits per heavy atom. The SMILES string of the molecule is COc1ccc(CCN(C)Cn2[nH]c(/C=C/c3ccc(F)cc3)nc2=S)cc1OC. The van der Waals surface area contributed by atoms with Crippen LogP contribution < -0.4 is 9.47 Å². The van der Waals surface area contributed by atoms with E-state index in [1.54, 1.807) is 26.4 Å². The Hall–Kier alpha value is -2.97. The summed E-state index contributed by atoms with van der Waals surface area (Å²) >= 11 is 5.36. The monoisotopic (exact) mass is 428 g/mol. The number of rotatable bonds is 9. The average molecular weight is 429 g/mol. The molecule has 0 saturated heterocycles. The van der Waals surface area contributed by atoms with Crippen LogP contribution in [-0.4, -0.2) is 47.5 Å². The summed E-state index contributed by atoms with van der Waals surface area (Å²) in [6, 6.07) is 12.2. The minimum absolute atomic E-state index is 0.257. The standard InChI is InChI=1S/C22H25FN4O2S/c1-26(13-12-17-6-10-19(28-2)20(14-17)29-3)15-27-22(30)24-21(25-27)11-7-16-4-8-18(23)9-5-16/h4-11,14H,12-13,15H2,1-3H3,(H,24,25,30)/b11-7+. The third kappa shape index (κ3) is 5.77. The number of likely N-dealkylation sites (N-methyl/N-ethyl adjacent to an activating group) is 1. The number of aromatic nitrogens is 3. The Bertz CT molecular complexity index is 1060. The van der Waals surface area contributed by atoms with Gasteiger partial charge >= 0.3 is 0 Å². The van der Waals surface area contributed by atoms with E-state index in [0.29, 0.717) is 17.3 Å². The van der Waals surface area contributed by atoms with Gasteiger partial charge in [-0.05, 0) is 67.2 Å². The maximum absolute atomic E-state index is 13.0. The highest BCUT2D eigenvalue weighted by atomic mass is 32.1. The Balaban J connectivity index is 1.58. The fourth-order valence-electron chi connectivity index (χ4n) is 2.96. The number of halogens is 1. The van der Waals surface area contributed by atoms with Gasteiger partial charge in [-0.15, -0.1) is 0 Å². The number of H-pyrrole nitrogens is 1. The molecule has 3 rings (SSSR count). The van der Waals surface area contributed by atoms with Crippen molar-refractivity contribution in [3.8, 4) is 11.5 Å². The molecule has 0 bridgehead atoms. The van der Waals surface area contributed by atoms with Crippen LogP contribution in [0.2, 0.25) is 0 Å². The van der Waals surface area contributed by atoms with Crippen molar-refractivity contribution in [2.75, 3.05) is 27.8 Å². The van der Waals surface area contributed by atoms with E-state index in [-0.39, 0.29) is 5.82 Å². The molecule has 0 fully saturated rings. The molecule has 0 aliphatic carbocycles. The molecule has 1 N–H and O–H groups in total. The fourth-order valence-corrected chi connectivity index (χ4v) is 3.16. The molecule has 2 aromatic carbocycles. The summed E-state index contributed by atoms with van der Waals surface area (Å²) in [6.45, 7) is 1.42. The molecule has 0 unspecified atom stereocenters. The third-order valence-electron chi connectivity index (χ3n) is 4.61. The van der Waals surface area contributed by atoms with Gasteiger partial charge in [-0.25, -0.2) is 9.07 Å². The van der Waals surface area contributed by atoms with Crippen molar-refractivity contribution in [1.82, 2.24) is 19.7 Å². The van der Waals surface area contributed by atoms with E-state index in [2.05, 4.69) is 15.0 Å². The van der Waals surface area contributed by atoms with E-state index < -0.39 is 0 Å². The lowest BCUT2D eigenvalue weighted by Gasteiger charge is -2.17. The molecule has 6 nitrogen and oxygen atoms in total. The summed E-state index contributed by atoms with van der Waals surface area (Å²) in [4.78, 5) is 6.51. The average Bonchev–Trinajstić information content (AvgIpc) is 3.10. The summed E-state index contributed by atoms with van der Waals surface area (Å²) in [6.07, 6.45) is 4.54. The molecule has 1 heterocycles. The van der Waals surface area contributed by atoms with Crippen molar-refractivity contribution < 1.29 is 13.9 Å². The van der Waals surface area contributed by atoms with Crippen molar-refractivity contribution in [3.05, 3.63) is 70.0 Å². The molecule has 0 atom stereocenters. The second kappa shape index (κ2) is 10.2. The largest absolute Gasteiger partial charge is 0.493 e. The summed E-state index contributed by atoms with van der Waals surface area (Å²) in [5, 5.41) is 3.19. The molecule has 3 aromatic rings. The van der Waals surface area contributed by atoms with Gasteiger partial charge in [-0.1, -0.05) is 24.3 Å². The van der Waals surface area contributed by atoms with Gasteiger partial charge in [0, 0.05) is 6.54 Å². The molecule has 0 spiro atoms. The van der Waals surface area contributed by atoms with Crippen LogP contribution in [0.3, 0.4) is 0 Å². The van der Waals surface area contributed by atoms with Crippen molar-refractivity contribution in [2.24, 2.45) is 0 Å². The fraction of sp³-hybridized carbons (Fsp3) is 0.273. The predicted molar refractivity (Wildman–Crippen MR) is 119 cm³/mol. The van der Waals surface area contributed by atoms with Crippen LogP contribution in [0.25, 0.3) is 12.2 Å². The number of aromatic amines is 1. The highest BCUT2D eigenvalue weighted by molar-refractivity contribution is 7.71. The van der Waals surface area contributed by atoms with Crippen molar-refractivity contribution >= 4 is 24.4 Å². The molecule has 0 aliphatic rings. The van der Waals surface area contributed by atoms with E-state index in [4.69, 9.17) is 21.7 Å². The number of nitrogens with zero attached hydrogens (tertiary/aromatic N) is 3. The maximum atomic E-state index is 13.0. The second-order valence-electron chi connectivity index (χ2n) is 6.86. The number of nitrogens with one attached hydrogen (secondary N) is 1. The van der Waals surface area contributed by atoms with Crippen LogP contribution >= 0.6 is 12.2 Å². The summed E-state index contributed by atoms with van der Waals surface area (Å²) in [5.74, 6) is 1.84. The zero-order valence-corrected chi connectivity index (χ0v) is 18.1. The number of benzene rings is 2. The third-order valence-corrected chi connectivity index (χ3v) is 4.92. The number of hydrogen-bond donors (Lipinski definition) is 1. The van der Waals surface area contributed by atoms with Gasteiger partial charge in [-0.2, -0.15) is 4.98 Å². The van der Waals surface area contributed by atoms with Crippen LogP contribution in [0.1, 0.15) is 17.0 Å². The molecule has 0 aliphatic heterocycles. The van der Waals surface area contributed by atoms with Crippen molar-refractivity contribution in [2.45, 2.75) is 13.1 Å². The van der Waals surface area contributed by atoms with Crippen LogP contribution in [0.4, 0.5) is 4.39 Å². The van der Waals surface area contributed by atoms with Crippen LogP contribution in [0, 0.1) is 10.6 Å². The first-order valence-electron chi connectivity index (χ1n) is 9.48. The molecule has 1 aromatic heterocycles. The number of hydrogen-bond acceptors (Lipinski definition) is 5. The lowest BCUT2D eigenvalue weighted by molar-refractivity contribution is 0.255. The molecular formula is C22H25FN4O2S. The van der Waals surface area contributed by atoms with Gasteiger partial charge in [0.2, 0.25) is 4.77 Å². The van der Waals surface area contributed by atoms with Crippen LogP contribution in [0.15, 0.2) is 42.5 Å². The van der Waals surface area contributed by atoms with Gasteiger partial charge < -0.3 is 9.47 Å². The smallest absolute Gasteiger partial charge is 0.217 e. The minimum Gasteiger partial charge on any atom is -0.493 e. The van der Waals surface area contributed by atoms with Gasteiger partial charge in [0.25, 0.3) is 0 Å². The van der Waals surface area contributed by atoms with Crippen molar-refractivity contribution in [1.29, 1.82) is 0 Å². The summed E-state index contributed by atoms with van der Waals surface area (Å²) in [7, 11) is 5.29. The first-order chi connectivity index (χ1) is 14.5. The Kier molecular flexibility index (Phi) is 7.37. The summed E-state index contributed by atoms with van der Waals surface area (Å²) in [5.41, 5.74) is 2.05. The highest BCUT2D eigenvalue weighted by Gasteiger charge is 2.07. The van der Waals surface area contributed by atoms with E-state index in [9.17, 15) is 4.39 Å². The number of methoxy groups -OCH3 is 2. The Morgan fingerprint density at radius 1 is 1.10 bits per heavy atom. The Morgan fingerprint density at radius 3 is 2.53 bits per heavy atom. The molecule has 158 valence electrons. The molecule has 0 radical (unpaired) electrons. The second-order valence-corrected chi connectivity index (χ2v) is 7.23. The van der Waals surface area contributed by atoms with Crippen LogP contribution in [-0.2, 0) is 13.1 Å². The molecular weight excluding hydrogens is 403 g/mol. The molecule has 0 amide bonds. The topological polar surface area (TPSA) is 55.3 Å². The zero-order chi connectivity index (χ0) is 21.5. The van der Waals surface area contributed by atoms with E-state index in [1.807, 2.05) is 42.1 Å². The van der Waals surface area contributed by atoms with Gasteiger partial charge in [0.05, 0.1) is 20.9 Å². The highest BCUT2D eigenvalue weighted by Crippen LogP contribution is 2.27. The zero-order valence-electron chi connectivity index (χ0n) is 17.3. The van der Waals surface area contributed by atoms with E-state index in [1.165, 1.54) is 12.1 Å². The lowest BCUT2D eigenvalue weighted by Crippen LogP contribution is -2.25. The van der Waals surface area contributed by atoms with E-state index in [0.717, 1.165) is 35.6 Å². The maximum Gasteiger partial charge on any atom is 0.217 e. The van der Waals surface area contributed by atoms with Gasteiger partial charge in [0.1, 0.15) is 11.6 Å². The lowest BCUT2D eigenvalue weighted by atomic mass is 10.1. The van der Waals surface area contributed by atoms with Crippen molar-refractivity contribution in [3.63, 3.8) is 0 Å². The molecule has 8 heteroatoms.